The van der Waals surface area contributed by atoms with E-state index >= 15 is 0 Å². The molecule has 0 amide bonds. The molecule has 0 radical (unpaired) electrons. The number of hydrogen-bond acceptors (Lipinski definition) is 4. The normalized spacial score (nSPS) is 12.1. The number of aliphatic hydroxyl groups excluding tert-OH is 1. The number of hydrogen-bond donors (Lipinski definition) is 2. The lowest BCUT2D eigenvalue weighted by atomic mass is 10.1. The Morgan fingerprint density at radius 3 is 2.59 bits per heavy atom. The standard InChI is InChI=1S/C17H17N3O2/c1-12-15(10-19-20-12)17(16-4-2-3-9-18-16)22-14-7-5-13(11-21)6-8-14/h2-10,17,21H,11H2,1H3,(H,19,20). The highest BCUT2D eigenvalue weighted by Crippen LogP contribution is 2.28. The van der Waals surface area contributed by atoms with Crippen LogP contribution in [0.3, 0.4) is 0 Å². The summed E-state index contributed by atoms with van der Waals surface area (Å²) in [6.07, 6.45) is 3.17. The minimum Gasteiger partial charge on any atom is -0.479 e. The number of nitrogens with one attached hydrogen (secondary N) is 1. The summed E-state index contributed by atoms with van der Waals surface area (Å²) in [5.74, 6) is 0.716. The number of ether oxygens (including phenoxy) is 1. The molecule has 0 saturated carbocycles. The van der Waals surface area contributed by atoms with E-state index in [1.54, 1.807) is 12.4 Å². The maximum Gasteiger partial charge on any atom is 0.169 e. The van der Waals surface area contributed by atoms with Crippen LogP contribution < -0.4 is 4.74 Å². The van der Waals surface area contributed by atoms with Crippen LogP contribution in [-0.4, -0.2) is 20.3 Å². The second kappa shape index (κ2) is 6.41. The van der Waals surface area contributed by atoms with Gasteiger partial charge in [0.05, 0.1) is 18.5 Å². The summed E-state index contributed by atoms with van der Waals surface area (Å²) in [5, 5.41) is 16.1. The summed E-state index contributed by atoms with van der Waals surface area (Å²) in [6, 6.07) is 13.1. The highest BCUT2D eigenvalue weighted by molar-refractivity contribution is 5.32. The molecule has 0 saturated heterocycles. The summed E-state index contributed by atoms with van der Waals surface area (Å²) in [6.45, 7) is 1.97. The average molecular weight is 295 g/mol. The lowest BCUT2D eigenvalue weighted by Gasteiger charge is -2.18. The van der Waals surface area contributed by atoms with E-state index in [0.717, 1.165) is 22.5 Å². The third-order valence-electron chi connectivity index (χ3n) is 3.47. The Hall–Kier alpha value is -2.66. The number of aliphatic hydroxyl groups is 1. The van der Waals surface area contributed by atoms with Crippen molar-refractivity contribution in [1.82, 2.24) is 15.2 Å². The van der Waals surface area contributed by atoms with Gasteiger partial charge in [-0.05, 0) is 36.8 Å². The van der Waals surface area contributed by atoms with Crippen LogP contribution in [0, 0.1) is 6.92 Å². The Balaban J connectivity index is 1.93. The maximum atomic E-state index is 9.11. The van der Waals surface area contributed by atoms with E-state index in [2.05, 4.69) is 15.2 Å². The van der Waals surface area contributed by atoms with Crippen molar-refractivity contribution in [3.05, 3.63) is 77.4 Å². The van der Waals surface area contributed by atoms with Gasteiger partial charge < -0.3 is 9.84 Å². The van der Waals surface area contributed by atoms with Crippen molar-refractivity contribution in [3.63, 3.8) is 0 Å². The molecule has 3 aromatic rings. The fraction of sp³-hybridized carbons (Fsp3) is 0.176. The van der Waals surface area contributed by atoms with Crippen molar-refractivity contribution in [2.24, 2.45) is 0 Å². The highest BCUT2D eigenvalue weighted by atomic mass is 16.5. The van der Waals surface area contributed by atoms with Crippen LogP contribution in [-0.2, 0) is 6.61 Å². The van der Waals surface area contributed by atoms with Gasteiger partial charge in [-0.2, -0.15) is 5.10 Å². The van der Waals surface area contributed by atoms with Gasteiger partial charge >= 0.3 is 0 Å². The monoisotopic (exact) mass is 295 g/mol. The number of aromatic nitrogens is 3. The van der Waals surface area contributed by atoms with Crippen LogP contribution in [0.15, 0.2) is 54.9 Å². The molecule has 1 atom stereocenters. The van der Waals surface area contributed by atoms with Gasteiger partial charge in [-0.1, -0.05) is 18.2 Å². The summed E-state index contributed by atoms with van der Waals surface area (Å²) >= 11 is 0. The number of H-pyrrole nitrogens is 1. The molecule has 0 fully saturated rings. The summed E-state index contributed by atoms with van der Waals surface area (Å²) < 4.78 is 6.12. The Bertz CT molecular complexity index is 723. The number of aryl methyl sites for hydroxylation is 1. The minimum atomic E-state index is -0.333. The molecular formula is C17H17N3O2. The van der Waals surface area contributed by atoms with E-state index in [1.165, 1.54) is 0 Å². The molecule has 0 spiro atoms. The predicted octanol–water partition coefficient (Wildman–Crippen LogP) is 2.77. The van der Waals surface area contributed by atoms with Crippen LogP contribution in [0.2, 0.25) is 0 Å². The van der Waals surface area contributed by atoms with Gasteiger partial charge in [0.2, 0.25) is 0 Å². The smallest absolute Gasteiger partial charge is 0.169 e. The molecule has 1 aromatic carbocycles. The molecule has 0 bridgehead atoms. The largest absolute Gasteiger partial charge is 0.479 e. The first-order valence-electron chi connectivity index (χ1n) is 7.05. The third-order valence-corrected chi connectivity index (χ3v) is 3.47. The van der Waals surface area contributed by atoms with Crippen LogP contribution >= 0.6 is 0 Å². The molecule has 22 heavy (non-hydrogen) atoms. The zero-order valence-corrected chi connectivity index (χ0v) is 12.2. The number of benzene rings is 1. The fourth-order valence-corrected chi connectivity index (χ4v) is 2.25. The first-order chi connectivity index (χ1) is 10.8. The van der Waals surface area contributed by atoms with Gasteiger partial charge in [-0.15, -0.1) is 0 Å². The molecule has 0 aliphatic heterocycles. The zero-order valence-electron chi connectivity index (χ0n) is 12.2. The lowest BCUT2D eigenvalue weighted by molar-refractivity contribution is 0.241. The van der Waals surface area contributed by atoms with Gasteiger partial charge in [0.1, 0.15) is 5.75 Å². The lowest BCUT2D eigenvalue weighted by Crippen LogP contribution is -2.11. The first-order valence-corrected chi connectivity index (χ1v) is 7.05. The van der Waals surface area contributed by atoms with Crippen molar-refractivity contribution in [2.75, 3.05) is 0 Å². The summed E-state index contributed by atoms with van der Waals surface area (Å²) in [7, 11) is 0. The molecule has 0 aliphatic carbocycles. The van der Waals surface area contributed by atoms with E-state index in [9.17, 15) is 0 Å². The van der Waals surface area contributed by atoms with Crippen LogP contribution in [0.5, 0.6) is 5.75 Å². The molecule has 2 aromatic heterocycles. The van der Waals surface area contributed by atoms with Gasteiger partial charge in [-0.25, -0.2) is 0 Å². The second-order valence-corrected chi connectivity index (χ2v) is 5.00. The van der Waals surface area contributed by atoms with Gasteiger partial charge in [0.25, 0.3) is 0 Å². The number of aromatic amines is 1. The Kier molecular flexibility index (Phi) is 4.16. The van der Waals surface area contributed by atoms with Gasteiger partial charge in [-0.3, -0.25) is 10.1 Å². The van der Waals surface area contributed by atoms with E-state index in [1.807, 2.05) is 49.4 Å². The van der Waals surface area contributed by atoms with Crippen LogP contribution in [0.25, 0.3) is 0 Å². The van der Waals surface area contributed by atoms with E-state index in [4.69, 9.17) is 9.84 Å². The molecule has 5 heteroatoms. The van der Waals surface area contributed by atoms with E-state index in [-0.39, 0.29) is 12.7 Å². The van der Waals surface area contributed by atoms with Crippen molar-refractivity contribution in [2.45, 2.75) is 19.6 Å². The zero-order chi connectivity index (χ0) is 15.4. The molecule has 112 valence electrons. The number of rotatable bonds is 5. The summed E-state index contributed by atoms with van der Waals surface area (Å²) in [4.78, 5) is 4.40. The molecule has 3 rings (SSSR count). The van der Waals surface area contributed by atoms with Gasteiger partial charge in [0, 0.05) is 17.5 Å². The molecule has 1 unspecified atom stereocenters. The topological polar surface area (TPSA) is 71.0 Å². The second-order valence-electron chi connectivity index (χ2n) is 5.00. The molecule has 0 aliphatic rings. The fourth-order valence-electron chi connectivity index (χ4n) is 2.25. The predicted molar refractivity (Wildman–Crippen MR) is 82.4 cm³/mol. The van der Waals surface area contributed by atoms with Crippen LogP contribution in [0.1, 0.15) is 28.6 Å². The highest BCUT2D eigenvalue weighted by Gasteiger charge is 2.20. The molecule has 2 heterocycles. The van der Waals surface area contributed by atoms with E-state index in [0.29, 0.717) is 5.75 Å². The van der Waals surface area contributed by atoms with Crippen molar-refractivity contribution in [3.8, 4) is 5.75 Å². The Morgan fingerprint density at radius 1 is 1.18 bits per heavy atom. The first kappa shape index (κ1) is 14.3. The summed E-state index contributed by atoms with van der Waals surface area (Å²) in [5.41, 5.74) is 3.56. The number of nitrogens with zero attached hydrogens (tertiary/aromatic N) is 2. The Labute approximate surface area is 128 Å². The van der Waals surface area contributed by atoms with E-state index < -0.39 is 0 Å². The molecule has 5 nitrogen and oxygen atoms in total. The molecule has 2 N–H and O–H groups in total. The van der Waals surface area contributed by atoms with Crippen molar-refractivity contribution < 1.29 is 9.84 Å². The van der Waals surface area contributed by atoms with Gasteiger partial charge in [0.15, 0.2) is 6.10 Å². The number of pyridine rings is 1. The molecular weight excluding hydrogens is 278 g/mol. The average Bonchev–Trinajstić information content (AvgIpc) is 3.00. The third kappa shape index (κ3) is 2.99. The minimum absolute atomic E-state index is 0.0186. The van der Waals surface area contributed by atoms with Crippen LogP contribution in [0.4, 0.5) is 0 Å². The maximum absolute atomic E-state index is 9.11. The van der Waals surface area contributed by atoms with Crippen molar-refractivity contribution in [1.29, 1.82) is 0 Å². The Morgan fingerprint density at radius 2 is 2.00 bits per heavy atom. The SMILES string of the molecule is Cc1[nH]ncc1C(Oc1ccc(CO)cc1)c1ccccn1. The van der Waals surface area contributed by atoms with Crippen molar-refractivity contribution >= 4 is 0 Å². The quantitative estimate of drug-likeness (QED) is 0.759.